The molecule has 16 heteroatoms. The summed E-state index contributed by atoms with van der Waals surface area (Å²) in [5.41, 5.74) is 7.25. The van der Waals surface area contributed by atoms with Crippen molar-refractivity contribution >= 4 is 11.9 Å². The monoisotopic (exact) mass is 684 g/mol. The van der Waals surface area contributed by atoms with Crippen molar-refractivity contribution in [3.8, 4) is 11.5 Å². The van der Waals surface area contributed by atoms with Crippen LogP contribution < -0.4 is 20.9 Å². The Balaban J connectivity index is 1.39. The second kappa shape index (κ2) is 14.0. The average molecular weight is 685 g/mol. The SMILES string of the molecule is CC(CC(N)OC(=O)C(=O)OC(N)CC(C)(Oc1ccc(C(F)(F)F)cc1)c1ccco1)(Oc1ccc(C(F)(F)F)cc1)c1ccco1. The van der Waals surface area contributed by atoms with Gasteiger partial charge in [0.25, 0.3) is 0 Å². The fraction of sp³-hybridized carbons (Fsp3) is 0.312. The van der Waals surface area contributed by atoms with Gasteiger partial charge in [0.1, 0.15) is 23.0 Å². The normalized spacial score (nSPS) is 15.8. The van der Waals surface area contributed by atoms with Gasteiger partial charge in [-0.05, 0) is 86.6 Å². The number of ether oxygens (including phenoxy) is 4. The Labute approximate surface area is 269 Å². The predicted octanol–water partition coefficient (Wildman–Crippen LogP) is 6.64. The van der Waals surface area contributed by atoms with Gasteiger partial charge in [-0.25, -0.2) is 9.59 Å². The molecular weight excluding hydrogens is 654 g/mol. The van der Waals surface area contributed by atoms with Crippen LogP contribution in [0.15, 0.2) is 94.2 Å². The molecule has 2 aromatic heterocycles. The molecule has 0 aliphatic heterocycles. The van der Waals surface area contributed by atoms with Crippen LogP contribution in [-0.4, -0.2) is 24.4 Å². The molecule has 48 heavy (non-hydrogen) atoms. The Morgan fingerprint density at radius 1 is 0.625 bits per heavy atom. The molecular formula is C32H30F6N2O8. The van der Waals surface area contributed by atoms with E-state index in [1.165, 1.54) is 50.6 Å². The highest BCUT2D eigenvalue weighted by Crippen LogP contribution is 2.37. The maximum Gasteiger partial charge on any atom is 0.419 e. The summed E-state index contributed by atoms with van der Waals surface area (Å²) in [7, 11) is 0. The van der Waals surface area contributed by atoms with Crippen LogP contribution in [0.1, 0.15) is 49.3 Å². The van der Waals surface area contributed by atoms with Gasteiger partial charge in [0.15, 0.2) is 23.7 Å². The Bertz CT molecular complexity index is 1520. The lowest BCUT2D eigenvalue weighted by Gasteiger charge is -2.31. The van der Waals surface area contributed by atoms with E-state index in [9.17, 15) is 35.9 Å². The first-order valence-corrected chi connectivity index (χ1v) is 14.1. The summed E-state index contributed by atoms with van der Waals surface area (Å²) in [6, 6.07) is 13.7. The number of esters is 2. The van der Waals surface area contributed by atoms with E-state index in [1.807, 2.05) is 0 Å². The Morgan fingerprint density at radius 3 is 1.23 bits per heavy atom. The second-order valence-electron chi connectivity index (χ2n) is 11.0. The maximum absolute atomic E-state index is 13.0. The van der Waals surface area contributed by atoms with Crippen LogP contribution in [0.5, 0.6) is 11.5 Å². The molecule has 0 saturated heterocycles. The number of furan rings is 2. The quantitative estimate of drug-likeness (QED) is 0.0720. The van der Waals surface area contributed by atoms with Crippen molar-refractivity contribution in [1.82, 2.24) is 0 Å². The molecule has 10 nitrogen and oxygen atoms in total. The van der Waals surface area contributed by atoms with E-state index in [-0.39, 0.29) is 35.9 Å². The molecule has 258 valence electrons. The number of alkyl halides is 6. The van der Waals surface area contributed by atoms with Gasteiger partial charge < -0.3 is 27.8 Å². The lowest BCUT2D eigenvalue weighted by Crippen LogP contribution is -2.43. The van der Waals surface area contributed by atoms with E-state index in [0.29, 0.717) is 0 Å². The first-order chi connectivity index (χ1) is 22.4. The standard InChI is InChI=1S/C32H30F6N2O8/c1-29(23-5-3-15-43-23,47-21-11-7-19(8-12-21)31(33,34)35)17-25(39)45-27(41)28(42)46-26(40)18-30(2,24-6-4-16-44-24)48-22-13-9-20(10-14-22)32(36,37)38/h3-16,25-26H,17-18,39-40H2,1-2H3. The van der Waals surface area contributed by atoms with Gasteiger partial charge in [-0.2, -0.15) is 26.3 Å². The smallest absolute Gasteiger partial charge is 0.419 e. The van der Waals surface area contributed by atoms with Crippen LogP contribution in [-0.2, 0) is 42.6 Å². The van der Waals surface area contributed by atoms with Crippen molar-refractivity contribution in [3.63, 3.8) is 0 Å². The number of carbonyl (C=O) groups excluding carboxylic acids is 2. The predicted molar refractivity (Wildman–Crippen MR) is 154 cm³/mol. The van der Waals surface area contributed by atoms with Gasteiger partial charge in [-0.15, -0.1) is 0 Å². The fourth-order valence-electron chi connectivity index (χ4n) is 4.71. The molecule has 4 N–H and O–H groups in total. The molecule has 4 rings (SSSR count). The summed E-state index contributed by atoms with van der Waals surface area (Å²) in [5, 5.41) is 0. The summed E-state index contributed by atoms with van der Waals surface area (Å²) >= 11 is 0. The van der Waals surface area contributed by atoms with Gasteiger partial charge >= 0.3 is 24.3 Å². The van der Waals surface area contributed by atoms with Crippen molar-refractivity contribution < 1.29 is 63.7 Å². The zero-order valence-corrected chi connectivity index (χ0v) is 25.3. The van der Waals surface area contributed by atoms with E-state index < -0.39 is 59.1 Å². The van der Waals surface area contributed by atoms with Crippen LogP contribution in [0, 0.1) is 0 Å². The second-order valence-corrected chi connectivity index (χ2v) is 11.0. The highest BCUT2D eigenvalue weighted by molar-refractivity contribution is 6.29. The molecule has 0 saturated carbocycles. The van der Waals surface area contributed by atoms with E-state index in [2.05, 4.69) is 0 Å². The minimum absolute atomic E-state index is 0.0175. The van der Waals surface area contributed by atoms with Gasteiger partial charge in [0, 0.05) is 12.8 Å². The van der Waals surface area contributed by atoms with Crippen molar-refractivity contribution in [3.05, 3.63) is 108 Å². The first kappa shape index (κ1) is 35.9. The number of carbonyl (C=O) groups is 2. The third-order valence-electron chi connectivity index (χ3n) is 7.00. The average Bonchev–Trinajstić information content (AvgIpc) is 3.72. The molecule has 0 spiro atoms. The molecule has 2 aromatic carbocycles. The minimum atomic E-state index is -4.56. The minimum Gasteiger partial charge on any atom is -0.479 e. The molecule has 0 aliphatic rings. The summed E-state index contributed by atoms with van der Waals surface area (Å²) in [4.78, 5) is 25.2. The Hall–Kier alpha value is -4.96. The number of hydrogen-bond acceptors (Lipinski definition) is 10. The highest BCUT2D eigenvalue weighted by atomic mass is 19.4. The molecule has 0 fully saturated rings. The highest BCUT2D eigenvalue weighted by Gasteiger charge is 2.39. The van der Waals surface area contributed by atoms with Crippen LogP contribution >= 0.6 is 0 Å². The van der Waals surface area contributed by atoms with E-state index >= 15 is 0 Å². The molecule has 0 amide bonds. The van der Waals surface area contributed by atoms with Crippen LogP contribution in [0.4, 0.5) is 26.3 Å². The van der Waals surface area contributed by atoms with Gasteiger partial charge in [0.05, 0.1) is 23.7 Å². The lowest BCUT2D eigenvalue weighted by atomic mass is 9.97. The Morgan fingerprint density at radius 2 is 0.958 bits per heavy atom. The van der Waals surface area contributed by atoms with Crippen LogP contribution in [0.3, 0.4) is 0 Å². The van der Waals surface area contributed by atoms with Crippen molar-refractivity contribution in [2.24, 2.45) is 11.5 Å². The number of rotatable bonds is 12. The number of hydrogen-bond donors (Lipinski definition) is 2. The number of benzene rings is 2. The van der Waals surface area contributed by atoms with Crippen molar-refractivity contribution in [2.45, 2.75) is 62.7 Å². The molecule has 0 aliphatic carbocycles. The molecule has 4 aromatic rings. The molecule has 2 heterocycles. The molecule has 4 unspecified atom stereocenters. The largest absolute Gasteiger partial charge is 0.479 e. The number of nitrogens with two attached hydrogens (primary N) is 2. The lowest BCUT2D eigenvalue weighted by molar-refractivity contribution is -0.176. The number of halogens is 6. The summed E-state index contributed by atoms with van der Waals surface area (Å²) < 4.78 is 111. The molecule has 4 atom stereocenters. The Kier molecular flexibility index (Phi) is 10.5. The zero-order chi connectivity index (χ0) is 35.3. The molecule has 0 radical (unpaired) electrons. The van der Waals surface area contributed by atoms with Crippen molar-refractivity contribution in [1.29, 1.82) is 0 Å². The summed E-state index contributed by atoms with van der Waals surface area (Å²) in [6.07, 6.45) is -10.2. The third kappa shape index (κ3) is 9.10. The van der Waals surface area contributed by atoms with Crippen LogP contribution in [0.2, 0.25) is 0 Å². The first-order valence-electron chi connectivity index (χ1n) is 14.1. The molecule has 0 bridgehead atoms. The van der Waals surface area contributed by atoms with E-state index in [0.717, 1.165) is 48.5 Å². The fourth-order valence-corrected chi connectivity index (χ4v) is 4.71. The van der Waals surface area contributed by atoms with Gasteiger partial charge in [0.2, 0.25) is 0 Å². The summed E-state index contributed by atoms with van der Waals surface area (Å²) in [5.74, 6) is -2.66. The summed E-state index contributed by atoms with van der Waals surface area (Å²) in [6.45, 7) is 2.97. The van der Waals surface area contributed by atoms with E-state index in [1.54, 1.807) is 0 Å². The van der Waals surface area contributed by atoms with E-state index in [4.69, 9.17) is 39.2 Å². The zero-order valence-electron chi connectivity index (χ0n) is 25.3. The maximum atomic E-state index is 13.0. The van der Waals surface area contributed by atoms with Gasteiger partial charge in [-0.1, -0.05) is 0 Å². The third-order valence-corrected chi connectivity index (χ3v) is 7.00. The van der Waals surface area contributed by atoms with Crippen molar-refractivity contribution in [2.75, 3.05) is 0 Å². The van der Waals surface area contributed by atoms with Gasteiger partial charge in [-0.3, -0.25) is 11.5 Å². The van der Waals surface area contributed by atoms with Crippen LogP contribution in [0.25, 0.3) is 0 Å². The topological polar surface area (TPSA) is 149 Å².